The highest BCUT2D eigenvalue weighted by Crippen LogP contribution is 2.11. The predicted molar refractivity (Wildman–Crippen MR) is 102 cm³/mol. The zero-order valence-electron chi connectivity index (χ0n) is 15.2. The van der Waals surface area contributed by atoms with Gasteiger partial charge in [0.25, 0.3) is 5.91 Å². The molecule has 1 aromatic carbocycles. The highest BCUT2D eigenvalue weighted by Gasteiger charge is 2.11. The maximum Gasteiger partial charge on any atom is 0.252 e. The molecule has 2 aromatic rings. The molecular weight excluding hydrogens is 328 g/mol. The summed E-state index contributed by atoms with van der Waals surface area (Å²) in [4.78, 5) is 18.8. The van der Waals surface area contributed by atoms with Crippen molar-refractivity contribution in [1.29, 1.82) is 0 Å². The molecule has 0 saturated carbocycles. The first-order valence-corrected chi connectivity index (χ1v) is 9.03. The second-order valence-corrected chi connectivity index (χ2v) is 6.51. The second-order valence-electron chi connectivity index (χ2n) is 6.51. The van der Waals surface area contributed by atoms with E-state index in [9.17, 15) is 4.79 Å². The van der Waals surface area contributed by atoms with Crippen molar-refractivity contribution in [2.24, 2.45) is 0 Å². The highest BCUT2D eigenvalue weighted by molar-refractivity contribution is 5.94. The standard InChI is InChI=1S/C20H26N4O2/c1-16-3-2-4-17(11-16)13-23-19-12-18(14-21-15-19)20(25)22-5-6-24-7-9-26-10-8-24/h2-4,11-12,14-15,23H,5-10,13H2,1H3,(H,22,25). The number of nitrogens with zero attached hydrogens (tertiary/aromatic N) is 2. The number of carbonyl (C=O) groups excluding carboxylic acids is 1. The van der Waals surface area contributed by atoms with Crippen LogP contribution in [0.1, 0.15) is 21.5 Å². The summed E-state index contributed by atoms with van der Waals surface area (Å²) in [6.07, 6.45) is 3.34. The Kier molecular flexibility index (Phi) is 6.57. The van der Waals surface area contributed by atoms with E-state index in [-0.39, 0.29) is 5.91 Å². The van der Waals surface area contributed by atoms with E-state index in [2.05, 4.69) is 45.6 Å². The van der Waals surface area contributed by atoms with E-state index in [0.717, 1.165) is 38.5 Å². The molecule has 138 valence electrons. The SMILES string of the molecule is Cc1cccc(CNc2cncc(C(=O)NCCN3CCOCC3)c2)c1. The highest BCUT2D eigenvalue weighted by atomic mass is 16.5. The van der Waals surface area contributed by atoms with Crippen molar-refractivity contribution in [3.63, 3.8) is 0 Å². The molecule has 1 aliphatic rings. The molecule has 0 atom stereocenters. The van der Waals surface area contributed by atoms with E-state index in [1.807, 2.05) is 12.1 Å². The number of aryl methyl sites for hydroxylation is 1. The molecule has 0 bridgehead atoms. The number of hydrogen-bond donors (Lipinski definition) is 2. The molecule has 1 aromatic heterocycles. The molecule has 2 N–H and O–H groups in total. The first-order valence-electron chi connectivity index (χ1n) is 9.03. The van der Waals surface area contributed by atoms with Crippen molar-refractivity contribution >= 4 is 11.6 Å². The lowest BCUT2D eigenvalue weighted by Gasteiger charge is -2.26. The van der Waals surface area contributed by atoms with Crippen LogP contribution in [0.2, 0.25) is 0 Å². The van der Waals surface area contributed by atoms with Gasteiger partial charge in [-0.15, -0.1) is 0 Å². The first-order chi connectivity index (χ1) is 12.7. The van der Waals surface area contributed by atoms with E-state index in [1.54, 1.807) is 12.4 Å². The molecule has 0 spiro atoms. The van der Waals surface area contributed by atoms with Crippen LogP contribution in [-0.2, 0) is 11.3 Å². The number of pyridine rings is 1. The van der Waals surface area contributed by atoms with Gasteiger partial charge in [-0.05, 0) is 18.6 Å². The number of anilines is 1. The summed E-state index contributed by atoms with van der Waals surface area (Å²) in [7, 11) is 0. The minimum Gasteiger partial charge on any atom is -0.380 e. The fourth-order valence-corrected chi connectivity index (χ4v) is 2.94. The van der Waals surface area contributed by atoms with Crippen molar-refractivity contribution in [2.75, 3.05) is 44.7 Å². The Morgan fingerprint density at radius 3 is 2.88 bits per heavy atom. The van der Waals surface area contributed by atoms with Crippen LogP contribution in [0.3, 0.4) is 0 Å². The Morgan fingerprint density at radius 2 is 2.08 bits per heavy atom. The molecule has 0 unspecified atom stereocenters. The summed E-state index contributed by atoms with van der Waals surface area (Å²) in [6, 6.07) is 10.2. The lowest BCUT2D eigenvalue weighted by molar-refractivity contribution is 0.0383. The van der Waals surface area contributed by atoms with Gasteiger partial charge in [0.1, 0.15) is 0 Å². The molecule has 6 nitrogen and oxygen atoms in total. The Morgan fingerprint density at radius 1 is 1.23 bits per heavy atom. The lowest BCUT2D eigenvalue weighted by Crippen LogP contribution is -2.41. The normalized spacial score (nSPS) is 14.8. The van der Waals surface area contributed by atoms with Gasteiger partial charge in [0, 0.05) is 45.1 Å². The van der Waals surface area contributed by atoms with Gasteiger partial charge in [-0.25, -0.2) is 0 Å². The number of rotatable bonds is 7. The van der Waals surface area contributed by atoms with Crippen LogP contribution in [0.15, 0.2) is 42.7 Å². The molecule has 1 saturated heterocycles. The van der Waals surface area contributed by atoms with Gasteiger partial charge in [-0.2, -0.15) is 0 Å². The van der Waals surface area contributed by atoms with E-state index in [4.69, 9.17) is 4.74 Å². The average Bonchev–Trinajstić information content (AvgIpc) is 2.67. The Bertz CT molecular complexity index is 729. The third-order valence-corrected chi connectivity index (χ3v) is 4.40. The number of nitrogens with one attached hydrogen (secondary N) is 2. The quantitative estimate of drug-likeness (QED) is 0.797. The van der Waals surface area contributed by atoms with E-state index >= 15 is 0 Å². The molecule has 6 heteroatoms. The number of aromatic nitrogens is 1. The van der Waals surface area contributed by atoms with E-state index in [1.165, 1.54) is 11.1 Å². The zero-order valence-corrected chi connectivity index (χ0v) is 15.2. The summed E-state index contributed by atoms with van der Waals surface area (Å²) >= 11 is 0. The largest absolute Gasteiger partial charge is 0.380 e. The van der Waals surface area contributed by atoms with Crippen LogP contribution in [0.4, 0.5) is 5.69 Å². The van der Waals surface area contributed by atoms with Crippen molar-refractivity contribution in [3.8, 4) is 0 Å². The molecular formula is C20H26N4O2. The fraction of sp³-hybridized carbons (Fsp3) is 0.400. The van der Waals surface area contributed by atoms with Gasteiger partial charge in [0.2, 0.25) is 0 Å². The maximum atomic E-state index is 12.3. The van der Waals surface area contributed by atoms with Crippen molar-refractivity contribution in [1.82, 2.24) is 15.2 Å². The first kappa shape index (κ1) is 18.4. The molecule has 1 fully saturated rings. The topological polar surface area (TPSA) is 66.5 Å². The minimum atomic E-state index is -0.0926. The fourth-order valence-electron chi connectivity index (χ4n) is 2.94. The number of carbonyl (C=O) groups is 1. The summed E-state index contributed by atoms with van der Waals surface area (Å²) in [5.41, 5.74) is 3.84. The average molecular weight is 354 g/mol. The van der Waals surface area contributed by atoms with Crippen molar-refractivity contribution in [2.45, 2.75) is 13.5 Å². The van der Waals surface area contributed by atoms with E-state index < -0.39 is 0 Å². The molecule has 0 radical (unpaired) electrons. The zero-order chi connectivity index (χ0) is 18.2. The number of morpholine rings is 1. The number of hydrogen-bond acceptors (Lipinski definition) is 5. The Labute approximate surface area is 154 Å². The number of ether oxygens (including phenoxy) is 1. The van der Waals surface area contributed by atoms with Crippen molar-refractivity contribution in [3.05, 3.63) is 59.4 Å². The molecule has 3 rings (SSSR count). The van der Waals surface area contributed by atoms with Gasteiger partial charge in [0.15, 0.2) is 0 Å². The third kappa shape index (κ3) is 5.54. The van der Waals surface area contributed by atoms with Gasteiger partial charge in [-0.1, -0.05) is 29.8 Å². The number of benzene rings is 1. The van der Waals surface area contributed by atoms with Crippen LogP contribution in [-0.4, -0.2) is 55.2 Å². The lowest BCUT2D eigenvalue weighted by atomic mass is 10.1. The summed E-state index contributed by atoms with van der Waals surface area (Å²) in [6.45, 7) is 7.64. The molecule has 2 heterocycles. The van der Waals surface area contributed by atoms with Gasteiger partial charge in [-0.3, -0.25) is 14.7 Å². The summed E-state index contributed by atoms with van der Waals surface area (Å²) < 4.78 is 5.33. The van der Waals surface area contributed by atoms with Crippen molar-refractivity contribution < 1.29 is 9.53 Å². The summed E-state index contributed by atoms with van der Waals surface area (Å²) in [5, 5.41) is 6.29. The van der Waals surface area contributed by atoms with E-state index in [0.29, 0.717) is 18.7 Å². The minimum absolute atomic E-state index is 0.0926. The molecule has 0 aliphatic carbocycles. The third-order valence-electron chi connectivity index (χ3n) is 4.40. The molecule has 1 aliphatic heterocycles. The molecule has 26 heavy (non-hydrogen) atoms. The van der Waals surface area contributed by atoms with Crippen LogP contribution in [0, 0.1) is 6.92 Å². The number of amides is 1. The Balaban J connectivity index is 1.48. The monoisotopic (exact) mass is 354 g/mol. The second kappa shape index (κ2) is 9.31. The van der Waals surface area contributed by atoms with Gasteiger partial charge < -0.3 is 15.4 Å². The smallest absolute Gasteiger partial charge is 0.252 e. The van der Waals surface area contributed by atoms with Gasteiger partial charge in [0.05, 0.1) is 24.5 Å². The maximum absolute atomic E-state index is 12.3. The van der Waals surface area contributed by atoms with Gasteiger partial charge >= 0.3 is 0 Å². The molecule has 1 amide bonds. The van der Waals surface area contributed by atoms with Crippen LogP contribution >= 0.6 is 0 Å². The Hall–Kier alpha value is -2.44. The van der Waals surface area contributed by atoms with Crippen LogP contribution in [0.5, 0.6) is 0 Å². The van der Waals surface area contributed by atoms with Crippen LogP contribution < -0.4 is 10.6 Å². The predicted octanol–water partition coefficient (Wildman–Crippen LogP) is 2.06. The van der Waals surface area contributed by atoms with Crippen LogP contribution in [0.25, 0.3) is 0 Å². The summed E-state index contributed by atoms with van der Waals surface area (Å²) in [5.74, 6) is -0.0926.